The van der Waals surface area contributed by atoms with Crippen molar-refractivity contribution in [2.24, 2.45) is 0 Å². The fourth-order valence-electron chi connectivity index (χ4n) is 2.10. The number of benzene rings is 1. The van der Waals surface area contributed by atoms with Crippen molar-refractivity contribution in [1.29, 1.82) is 0 Å². The summed E-state index contributed by atoms with van der Waals surface area (Å²) in [4.78, 5) is 0. The molecule has 0 radical (unpaired) electrons. The van der Waals surface area contributed by atoms with E-state index in [1.54, 1.807) is 6.82 Å². The van der Waals surface area contributed by atoms with Gasteiger partial charge in [0, 0.05) is 49.0 Å². The van der Waals surface area contributed by atoms with Crippen LogP contribution in [0.3, 0.4) is 0 Å². The van der Waals surface area contributed by atoms with Crippen LogP contribution in [0.1, 0.15) is 11.1 Å². The summed E-state index contributed by atoms with van der Waals surface area (Å²) in [6.07, 6.45) is 1.95. The number of nitrogen functional groups attached to an aromatic ring is 1. The molecule has 1 aliphatic carbocycles. The minimum atomic E-state index is -0.438. The van der Waals surface area contributed by atoms with Crippen molar-refractivity contribution in [2.45, 2.75) is 25.7 Å². The lowest BCUT2D eigenvalue weighted by molar-refractivity contribution is 0.521. The summed E-state index contributed by atoms with van der Waals surface area (Å²) >= 11 is 4.24. The van der Waals surface area contributed by atoms with Gasteiger partial charge in [-0.25, -0.2) is 0 Å². The third kappa shape index (κ3) is 4.04. The maximum Gasteiger partial charge on any atom is 0.373 e. The number of halogens is 2. The molecular weight excluding hydrogens is 429 g/mol. The first-order valence-corrected chi connectivity index (χ1v) is 11.4. The monoisotopic (exact) mass is 444 g/mol. The molecule has 6 heteroatoms. The Bertz CT molecular complexity index is 350. The van der Waals surface area contributed by atoms with E-state index in [1.165, 1.54) is 11.1 Å². The molecule has 1 aromatic rings. The van der Waals surface area contributed by atoms with Crippen molar-refractivity contribution in [1.82, 2.24) is 5.23 Å². The Morgan fingerprint density at radius 1 is 1.38 bits per heavy atom. The predicted molar refractivity (Wildman–Crippen MR) is 87.1 cm³/mol. The minimum Gasteiger partial charge on any atom is -0.437 e. The summed E-state index contributed by atoms with van der Waals surface area (Å²) in [6, 6.07) is 6.39. The molecule has 0 amide bonds. The zero-order chi connectivity index (χ0) is 12.1. The number of hydrogen-bond donors (Lipinski definition) is 3. The van der Waals surface area contributed by atoms with Gasteiger partial charge in [0.15, 0.2) is 0 Å². The first kappa shape index (κ1) is 14.5. The molecule has 0 saturated heterocycles. The van der Waals surface area contributed by atoms with Crippen molar-refractivity contribution < 1.29 is 5.02 Å². The number of anilines is 1. The molecule has 88 valence electrons. The van der Waals surface area contributed by atoms with Gasteiger partial charge in [0.2, 0.25) is 0 Å². The Morgan fingerprint density at radius 2 is 2.00 bits per heavy atom. The topological polar surface area (TPSA) is 58.3 Å². The Labute approximate surface area is 120 Å². The summed E-state index contributed by atoms with van der Waals surface area (Å²) in [7, 11) is -0.438. The molecule has 16 heavy (non-hydrogen) atoms. The zero-order valence-electron chi connectivity index (χ0n) is 9.08. The number of rotatable bonds is 2. The Balaban J connectivity index is 0.000000606. The zero-order valence-corrected chi connectivity index (χ0v) is 13.4. The van der Waals surface area contributed by atoms with Gasteiger partial charge in [-0.15, -0.1) is 0 Å². The molecule has 0 spiro atoms. The van der Waals surface area contributed by atoms with Crippen molar-refractivity contribution in [3.63, 3.8) is 0 Å². The van der Waals surface area contributed by atoms with Crippen molar-refractivity contribution >= 4 is 50.0 Å². The van der Waals surface area contributed by atoms with Gasteiger partial charge in [0.25, 0.3) is 0 Å². The summed E-state index contributed by atoms with van der Waals surface area (Å²) in [5.41, 5.74) is 9.18. The second kappa shape index (κ2) is 7.02. The second-order valence-corrected chi connectivity index (χ2v) is 3.98. The largest absolute Gasteiger partial charge is 0.437 e. The molecule has 1 atom stereocenters. The van der Waals surface area contributed by atoms with Gasteiger partial charge in [-0.2, -0.15) is 0 Å². The molecule has 0 heterocycles. The van der Waals surface area contributed by atoms with Gasteiger partial charge in [-0.3, -0.25) is 0 Å². The SMILES string of the molecule is CB(O)NC1Cc2ccc(N)cc2C1.II. The average molecular weight is 444 g/mol. The maximum atomic E-state index is 9.21. The molecule has 0 fully saturated rings. The lowest BCUT2D eigenvalue weighted by atomic mass is 9.87. The molecular formula is C10H15BI2N2O. The number of fused-ring (bicyclic) bond motifs is 1. The lowest BCUT2D eigenvalue weighted by Crippen LogP contribution is -2.40. The Kier molecular flexibility index (Phi) is 6.38. The molecule has 4 N–H and O–H groups in total. The van der Waals surface area contributed by atoms with E-state index in [9.17, 15) is 5.02 Å². The Hall–Kier alpha value is 0.465. The first-order chi connectivity index (χ1) is 7.65. The van der Waals surface area contributed by atoms with Crippen molar-refractivity contribution in [3.8, 4) is 0 Å². The van der Waals surface area contributed by atoms with Crippen LogP contribution in [0.2, 0.25) is 6.82 Å². The van der Waals surface area contributed by atoms with Crippen LogP contribution in [0.25, 0.3) is 0 Å². The Morgan fingerprint density at radius 3 is 2.62 bits per heavy atom. The average Bonchev–Trinajstić information content (AvgIpc) is 2.61. The molecule has 0 aromatic heterocycles. The van der Waals surface area contributed by atoms with E-state index in [0.717, 1.165) is 18.5 Å². The smallest absolute Gasteiger partial charge is 0.373 e. The van der Waals surface area contributed by atoms with E-state index in [-0.39, 0.29) is 0 Å². The number of nitrogens with two attached hydrogens (primary N) is 1. The van der Waals surface area contributed by atoms with Gasteiger partial charge in [0.1, 0.15) is 0 Å². The van der Waals surface area contributed by atoms with E-state index < -0.39 is 7.05 Å². The maximum absolute atomic E-state index is 9.21. The highest BCUT2D eigenvalue weighted by atomic mass is 128. The fourth-order valence-corrected chi connectivity index (χ4v) is 2.10. The van der Waals surface area contributed by atoms with Crippen LogP contribution in [0.5, 0.6) is 0 Å². The van der Waals surface area contributed by atoms with Crippen LogP contribution >= 0.6 is 37.2 Å². The van der Waals surface area contributed by atoms with Crippen LogP contribution < -0.4 is 11.0 Å². The normalized spacial score (nSPS) is 17.4. The molecule has 0 bridgehead atoms. The van der Waals surface area contributed by atoms with Gasteiger partial charge in [-0.05, 0) is 42.9 Å². The highest BCUT2D eigenvalue weighted by molar-refractivity contribution is 15.0. The molecule has 1 aliphatic rings. The molecule has 0 aliphatic heterocycles. The lowest BCUT2D eigenvalue weighted by Gasteiger charge is -2.11. The summed E-state index contributed by atoms with van der Waals surface area (Å²) in [5.74, 6) is 0. The van der Waals surface area contributed by atoms with Crippen LogP contribution in [-0.2, 0) is 12.8 Å². The molecule has 0 saturated carbocycles. The third-order valence-corrected chi connectivity index (χ3v) is 2.64. The predicted octanol–water partition coefficient (Wildman–Crippen LogP) is 2.21. The van der Waals surface area contributed by atoms with E-state index in [1.807, 2.05) is 12.1 Å². The van der Waals surface area contributed by atoms with Gasteiger partial charge < -0.3 is 16.0 Å². The highest BCUT2D eigenvalue weighted by Gasteiger charge is 2.22. The molecule has 1 aromatic carbocycles. The van der Waals surface area contributed by atoms with E-state index in [2.05, 4.69) is 48.5 Å². The van der Waals surface area contributed by atoms with Crippen LogP contribution in [0, 0.1) is 0 Å². The van der Waals surface area contributed by atoms with Gasteiger partial charge in [-0.1, -0.05) is 6.07 Å². The van der Waals surface area contributed by atoms with Gasteiger partial charge >= 0.3 is 7.05 Å². The number of hydrogen-bond acceptors (Lipinski definition) is 3. The molecule has 3 nitrogen and oxygen atoms in total. The third-order valence-electron chi connectivity index (χ3n) is 2.64. The number of nitrogens with one attached hydrogen (secondary N) is 1. The summed E-state index contributed by atoms with van der Waals surface area (Å²) in [6.45, 7) is 1.75. The van der Waals surface area contributed by atoms with Crippen molar-refractivity contribution in [2.75, 3.05) is 5.73 Å². The van der Waals surface area contributed by atoms with E-state index in [0.29, 0.717) is 6.04 Å². The second-order valence-electron chi connectivity index (χ2n) is 3.98. The highest BCUT2D eigenvalue weighted by Crippen LogP contribution is 2.24. The quantitative estimate of drug-likeness (QED) is 0.373. The van der Waals surface area contributed by atoms with Gasteiger partial charge in [0.05, 0.1) is 0 Å². The minimum absolute atomic E-state index is 0.354. The summed E-state index contributed by atoms with van der Waals surface area (Å²) < 4.78 is 0. The summed E-state index contributed by atoms with van der Waals surface area (Å²) in [5, 5.41) is 12.3. The van der Waals surface area contributed by atoms with Crippen LogP contribution in [0.4, 0.5) is 5.69 Å². The van der Waals surface area contributed by atoms with Crippen LogP contribution in [0.15, 0.2) is 18.2 Å². The van der Waals surface area contributed by atoms with E-state index in [4.69, 9.17) is 5.73 Å². The first-order valence-electron chi connectivity index (χ1n) is 5.11. The van der Waals surface area contributed by atoms with Crippen LogP contribution in [-0.4, -0.2) is 18.1 Å². The van der Waals surface area contributed by atoms with E-state index >= 15 is 0 Å². The molecule has 2 rings (SSSR count). The standard InChI is InChI=1S/C10H15BN2O.I2/c1-11(14)13-10-5-7-2-3-9(12)4-8(7)6-10;1-2/h2-4,10,13-14H,5-6,12H2,1H3;. The fraction of sp³-hybridized carbons (Fsp3) is 0.400. The van der Waals surface area contributed by atoms with Crippen molar-refractivity contribution in [3.05, 3.63) is 29.3 Å². The molecule has 1 unspecified atom stereocenters.